The first kappa shape index (κ1) is 17.6. The summed E-state index contributed by atoms with van der Waals surface area (Å²) in [6.07, 6.45) is 0.438. The van der Waals surface area contributed by atoms with Gasteiger partial charge in [0.2, 0.25) is 0 Å². The molecule has 2 aromatic rings. The summed E-state index contributed by atoms with van der Waals surface area (Å²) in [6, 6.07) is -0.143. The Kier molecular flexibility index (Phi) is 5.19. The predicted molar refractivity (Wildman–Crippen MR) is 87.2 cm³/mol. The van der Waals surface area contributed by atoms with Crippen LogP contribution < -0.4 is 5.32 Å². The standard InChI is InChI=1S/C17H23N3O5/c1-9-13(11(3)24-19-9)7-23-15-8-22-6-5-14(15)18-17(21)16-10(2)20-25-12(16)4/h14-15H,5-8H2,1-4H3,(H,18,21)/t14-,15-/m0/s1. The molecule has 1 N–H and O–H groups in total. The third-order valence-corrected chi connectivity index (χ3v) is 4.50. The molecule has 0 aromatic carbocycles. The molecule has 1 aliphatic rings. The summed E-state index contributed by atoms with van der Waals surface area (Å²) in [7, 11) is 0. The van der Waals surface area contributed by atoms with E-state index in [0.717, 1.165) is 17.0 Å². The second-order valence-electron chi connectivity index (χ2n) is 6.29. The topological polar surface area (TPSA) is 99.6 Å². The molecule has 0 unspecified atom stereocenters. The first-order valence-electron chi connectivity index (χ1n) is 8.32. The maximum atomic E-state index is 12.6. The number of carbonyl (C=O) groups excluding carboxylic acids is 1. The van der Waals surface area contributed by atoms with Crippen LogP contribution in [0.1, 0.15) is 45.3 Å². The van der Waals surface area contributed by atoms with Crippen molar-refractivity contribution in [2.75, 3.05) is 13.2 Å². The van der Waals surface area contributed by atoms with Gasteiger partial charge in [-0.3, -0.25) is 4.79 Å². The molecule has 3 heterocycles. The van der Waals surface area contributed by atoms with Crippen LogP contribution >= 0.6 is 0 Å². The van der Waals surface area contributed by atoms with E-state index in [1.807, 2.05) is 13.8 Å². The average molecular weight is 349 g/mol. The molecule has 8 heteroatoms. The largest absolute Gasteiger partial charge is 0.379 e. The Morgan fingerprint density at radius 2 is 1.88 bits per heavy atom. The zero-order valence-electron chi connectivity index (χ0n) is 14.9. The van der Waals surface area contributed by atoms with Gasteiger partial charge in [-0.25, -0.2) is 0 Å². The van der Waals surface area contributed by atoms with Crippen LogP contribution in [0.2, 0.25) is 0 Å². The zero-order chi connectivity index (χ0) is 18.0. The molecule has 1 fully saturated rings. The summed E-state index contributed by atoms with van der Waals surface area (Å²) in [5.41, 5.74) is 2.80. The van der Waals surface area contributed by atoms with Crippen LogP contribution in [0.25, 0.3) is 0 Å². The fourth-order valence-electron chi connectivity index (χ4n) is 2.99. The van der Waals surface area contributed by atoms with Gasteiger partial charge in [-0.05, 0) is 34.1 Å². The molecule has 0 aliphatic carbocycles. The van der Waals surface area contributed by atoms with Crippen molar-refractivity contribution in [2.45, 2.75) is 52.9 Å². The van der Waals surface area contributed by atoms with E-state index in [0.29, 0.717) is 43.3 Å². The molecule has 0 saturated carbocycles. The number of amides is 1. The number of hydrogen-bond donors (Lipinski definition) is 1. The van der Waals surface area contributed by atoms with Crippen molar-refractivity contribution in [1.82, 2.24) is 15.6 Å². The number of nitrogens with one attached hydrogen (secondary N) is 1. The molecule has 1 aliphatic heterocycles. The SMILES string of the molecule is Cc1noc(C)c1CO[C@H]1COCC[C@@H]1NC(=O)c1c(C)noc1C. The first-order valence-corrected chi connectivity index (χ1v) is 8.32. The normalized spacial score (nSPS) is 20.6. The highest BCUT2D eigenvalue weighted by molar-refractivity contribution is 5.96. The zero-order valence-corrected chi connectivity index (χ0v) is 14.9. The van der Waals surface area contributed by atoms with Gasteiger partial charge in [-0.1, -0.05) is 10.3 Å². The lowest BCUT2D eigenvalue weighted by atomic mass is 10.0. The van der Waals surface area contributed by atoms with Crippen LogP contribution in [0.5, 0.6) is 0 Å². The number of nitrogens with zero attached hydrogens (tertiary/aromatic N) is 2. The molecule has 1 saturated heterocycles. The Hall–Kier alpha value is -2.19. The quantitative estimate of drug-likeness (QED) is 0.881. The van der Waals surface area contributed by atoms with Crippen molar-refractivity contribution in [2.24, 2.45) is 0 Å². The van der Waals surface area contributed by atoms with Crippen molar-refractivity contribution in [1.29, 1.82) is 0 Å². The van der Waals surface area contributed by atoms with Crippen molar-refractivity contribution >= 4 is 5.91 Å². The molecule has 1 amide bonds. The molecule has 0 bridgehead atoms. The molecule has 8 nitrogen and oxygen atoms in total. The summed E-state index contributed by atoms with van der Waals surface area (Å²) in [4.78, 5) is 12.6. The van der Waals surface area contributed by atoms with E-state index in [4.69, 9.17) is 18.5 Å². The minimum Gasteiger partial charge on any atom is -0.379 e. The summed E-state index contributed by atoms with van der Waals surface area (Å²) in [5, 5.41) is 10.8. The van der Waals surface area contributed by atoms with Crippen molar-refractivity contribution in [3.05, 3.63) is 34.0 Å². The minimum atomic E-state index is -0.244. The third-order valence-electron chi connectivity index (χ3n) is 4.50. The number of aryl methyl sites for hydroxylation is 4. The summed E-state index contributed by atoms with van der Waals surface area (Å²) in [5.74, 6) is 1.05. The predicted octanol–water partition coefficient (Wildman–Crippen LogP) is 2.00. The second-order valence-corrected chi connectivity index (χ2v) is 6.29. The van der Waals surface area contributed by atoms with Crippen LogP contribution in [0.15, 0.2) is 9.05 Å². The maximum absolute atomic E-state index is 12.6. The van der Waals surface area contributed by atoms with Crippen LogP contribution in [-0.2, 0) is 16.1 Å². The lowest BCUT2D eigenvalue weighted by molar-refractivity contribution is -0.0739. The molecule has 25 heavy (non-hydrogen) atoms. The average Bonchev–Trinajstić information content (AvgIpc) is 3.08. The highest BCUT2D eigenvalue weighted by atomic mass is 16.5. The number of rotatable bonds is 5. The Morgan fingerprint density at radius 1 is 1.16 bits per heavy atom. The Labute approximate surface area is 145 Å². The number of ether oxygens (including phenoxy) is 2. The fraction of sp³-hybridized carbons (Fsp3) is 0.588. The molecule has 136 valence electrons. The van der Waals surface area contributed by atoms with Gasteiger partial charge in [0.05, 0.1) is 30.6 Å². The van der Waals surface area contributed by atoms with Gasteiger partial charge in [-0.2, -0.15) is 0 Å². The fourth-order valence-corrected chi connectivity index (χ4v) is 2.99. The molecule has 2 aromatic heterocycles. The summed E-state index contributed by atoms with van der Waals surface area (Å²) >= 11 is 0. The summed E-state index contributed by atoms with van der Waals surface area (Å²) in [6.45, 7) is 8.59. The first-order chi connectivity index (χ1) is 12.0. The van der Waals surface area contributed by atoms with Gasteiger partial charge in [-0.15, -0.1) is 0 Å². The molecular formula is C17H23N3O5. The van der Waals surface area contributed by atoms with E-state index in [1.54, 1.807) is 13.8 Å². The third kappa shape index (κ3) is 3.74. The van der Waals surface area contributed by atoms with Gasteiger partial charge >= 0.3 is 0 Å². The van der Waals surface area contributed by atoms with E-state index in [9.17, 15) is 4.79 Å². The van der Waals surface area contributed by atoms with Crippen molar-refractivity contribution < 1.29 is 23.3 Å². The van der Waals surface area contributed by atoms with Crippen LogP contribution in [0, 0.1) is 27.7 Å². The Morgan fingerprint density at radius 3 is 2.52 bits per heavy atom. The van der Waals surface area contributed by atoms with Crippen molar-refractivity contribution in [3.63, 3.8) is 0 Å². The molecule has 0 spiro atoms. The minimum absolute atomic E-state index is 0.143. The van der Waals surface area contributed by atoms with Crippen LogP contribution in [-0.4, -0.2) is 41.6 Å². The van der Waals surface area contributed by atoms with E-state index < -0.39 is 0 Å². The van der Waals surface area contributed by atoms with Gasteiger partial charge in [0.1, 0.15) is 23.2 Å². The molecule has 2 atom stereocenters. The Balaban J connectivity index is 1.66. The van der Waals surface area contributed by atoms with E-state index in [-0.39, 0.29) is 18.1 Å². The van der Waals surface area contributed by atoms with Gasteiger partial charge in [0.25, 0.3) is 5.91 Å². The van der Waals surface area contributed by atoms with Gasteiger partial charge in [0.15, 0.2) is 0 Å². The smallest absolute Gasteiger partial charge is 0.257 e. The number of hydrogen-bond acceptors (Lipinski definition) is 7. The van der Waals surface area contributed by atoms with E-state index in [2.05, 4.69) is 15.6 Å². The van der Waals surface area contributed by atoms with E-state index >= 15 is 0 Å². The highest BCUT2D eigenvalue weighted by Crippen LogP contribution is 2.19. The highest BCUT2D eigenvalue weighted by Gasteiger charge is 2.30. The maximum Gasteiger partial charge on any atom is 0.257 e. The van der Waals surface area contributed by atoms with Crippen LogP contribution in [0.4, 0.5) is 0 Å². The lowest BCUT2D eigenvalue weighted by Gasteiger charge is -2.32. The summed E-state index contributed by atoms with van der Waals surface area (Å²) < 4.78 is 21.7. The molecule has 0 radical (unpaired) electrons. The Bertz CT molecular complexity index is 713. The molecule has 3 rings (SSSR count). The van der Waals surface area contributed by atoms with Crippen LogP contribution in [0.3, 0.4) is 0 Å². The molecular weight excluding hydrogens is 326 g/mol. The number of carbonyl (C=O) groups is 1. The van der Waals surface area contributed by atoms with Crippen molar-refractivity contribution in [3.8, 4) is 0 Å². The number of aromatic nitrogens is 2. The second kappa shape index (κ2) is 7.37. The lowest BCUT2D eigenvalue weighted by Crippen LogP contribution is -2.50. The van der Waals surface area contributed by atoms with Gasteiger partial charge in [0, 0.05) is 12.2 Å². The van der Waals surface area contributed by atoms with E-state index in [1.165, 1.54) is 0 Å². The monoisotopic (exact) mass is 349 g/mol. The van der Waals surface area contributed by atoms with Gasteiger partial charge < -0.3 is 23.8 Å².